The van der Waals surface area contributed by atoms with Gasteiger partial charge >= 0.3 is 0 Å². The molecule has 10 heteroatoms. The zero-order chi connectivity index (χ0) is 24.3. The minimum absolute atomic E-state index is 0.123. The molecule has 1 aromatic carbocycles. The number of nitrogens with zero attached hydrogens (tertiary/aromatic N) is 5. The number of fused-ring (bicyclic) bond motifs is 1. The summed E-state index contributed by atoms with van der Waals surface area (Å²) in [5.74, 6) is 0.724. The first-order chi connectivity index (χ1) is 16.9. The van der Waals surface area contributed by atoms with Gasteiger partial charge in [0.25, 0.3) is 6.01 Å². The topological polar surface area (TPSA) is 124 Å². The van der Waals surface area contributed by atoms with Gasteiger partial charge in [0.1, 0.15) is 23.5 Å². The number of carbonyl (C=O) groups is 1. The number of rotatable bonds is 4. The first-order valence-corrected chi connectivity index (χ1v) is 11.4. The number of aromatic nitrogens is 3. The largest absolute Gasteiger partial charge is 0.496 e. The number of allylic oxidation sites excluding steroid dienone is 1. The van der Waals surface area contributed by atoms with Crippen molar-refractivity contribution >= 4 is 34.4 Å². The van der Waals surface area contributed by atoms with Gasteiger partial charge in [-0.1, -0.05) is 0 Å². The molecule has 3 aromatic rings. The number of amides is 1. The van der Waals surface area contributed by atoms with Crippen molar-refractivity contribution in [2.75, 3.05) is 25.9 Å². The van der Waals surface area contributed by atoms with Crippen molar-refractivity contribution in [2.24, 2.45) is 4.99 Å². The second kappa shape index (κ2) is 7.59. The molecule has 35 heavy (non-hydrogen) atoms. The van der Waals surface area contributed by atoms with Crippen LogP contribution in [-0.4, -0.2) is 51.6 Å². The zero-order valence-corrected chi connectivity index (χ0v) is 19.7. The van der Waals surface area contributed by atoms with E-state index in [1.54, 1.807) is 24.2 Å². The van der Waals surface area contributed by atoms with Crippen molar-refractivity contribution in [3.05, 3.63) is 71.0 Å². The molecule has 0 saturated carbocycles. The molecule has 178 valence electrons. The molecule has 0 bridgehead atoms. The van der Waals surface area contributed by atoms with Crippen LogP contribution in [0.25, 0.3) is 16.7 Å². The second-order valence-corrected chi connectivity index (χ2v) is 9.24. The Balaban J connectivity index is 1.42. The van der Waals surface area contributed by atoms with E-state index in [1.165, 1.54) is 5.57 Å². The van der Waals surface area contributed by atoms with Crippen LogP contribution in [0.1, 0.15) is 31.4 Å². The molecule has 10 nitrogen and oxygen atoms in total. The highest BCUT2D eigenvalue weighted by atomic mass is 16.5. The predicted octanol–water partition coefficient (Wildman–Crippen LogP) is 2.76. The van der Waals surface area contributed by atoms with Crippen LogP contribution in [0.2, 0.25) is 0 Å². The standard InChI is InChI=1S/C25H25N7O3/c1-25(2,23(33)27-3)32-11-16(9-29-32)18-13-34-12-15-6-7-31-21(15)17(18)10-28-22(31)14-4-5-20-19(8-14)30-24(26)35-20/h4-5,8-11,13H,6-7,12H2,1-3H3,(H2,26,30)(H,27,33). The van der Waals surface area contributed by atoms with E-state index in [4.69, 9.17) is 19.9 Å². The van der Waals surface area contributed by atoms with Crippen molar-refractivity contribution < 1.29 is 13.9 Å². The lowest BCUT2D eigenvalue weighted by Crippen LogP contribution is -2.43. The maximum Gasteiger partial charge on any atom is 0.292 e. The van der Waals surface area contributed by atoms with Gasteiger partial charge in [-0.2, -0.15) is 10.1 Å². The lowest BCUT2D eigenvalue weighted by molar-refractivity contribution is -0.128. The third-order valence-corrected chi connectivity index (χ3v) is 6.73. The van der Waals surface area contributed by atoms with Crippen LogP contribution < -0.4 is 11.1 Å². The Bertz CT molecular complexity index is 1500. The number of oxazole rings is 1. The fourth-order valence-corrected chi connectivity index (χ4v) is 4.81. The molecule has 0 aliphatic carbocycles. The fourth-order valence-electron chi connectivity index (χ4n) is 4.81. The van der Waals surface area contributed by atoms with Crippen molar-refractivity contribution in [1.29, 1.82) is 0 Å². The molecule has 1 amide bonds. The summed E-state index contributed by atoms with van der Waals surface area (Å²) in [6.45, 7) is 4.97. The van der Waals surface area contributed by atoms with E-state index in [9.17, 15) is 4.79 Å². The highest BCUT2D eigenvalue weighted by molar-refractivity contribution is 6.05. The molecule has 0 unspecified atom stereocenters. The Kier molecular flexibility index (Phi) is 4.60. The summed E-state index contributed by atoms with van der Waals surface area (Å²) >= 11 is 0. The van der Waals surface area contributed by atoms with Gasteiger partial charge in [0.15, 0.2) is 5.58 Å². The second-order valence-electron chi connectivity index (χ2n) is 9.24. The van der Waals surface area contributed by atoms with E-state index in [-0.39, 0.29) is 11.9 Å². The van der Waals surface area contributed by atoms with Crippen LogP contribution in [0.3, 0.4) is 0 Å². The number of nitrogens with two attached hydrogens (primary N) is 1. The first-order valence-electron chi connectivity index (χ1n) is 11.4. The monoisotopic (exact) mass is 471 g/mol. The average Bonchev–Trinajstić information content (AvgIpc) is 3.56. The number of nitrogens with one attached hydrogen (secondary N) is 1. The number of hydrogen-bond donors (Lipinski definition) is 2. The number of hydrogen-bond acceptors (Lipinski definition) is 8. The summed E-state index contributed by atoms with van der Waals surface area (Å²) < 4.78 is 13.0. The van der Waals surface area contributed by atoms with Gasteiger partial charge in [-0.25, -0.2) is 4.99 Å². The Morgan fingerprint density at radius 3 is 2.91 bits per heavy atom. The van der Waals surface area contributed by atoms with Gasteiger partial charge in [0.2, 0.25) is 5.91 Å². The van der Waals surface area contributed by atoms with Crippen molar-refractivity contribution in [3.8, 4) is 0 Å². The quantitative estimate of drug-likeness (QED) is 0.600. The molecule has 5 heterocycles. The molecular weight excluding hydrogens is 446 g/mol. The molecule has 3 N–H and O–H groups in total. The summed E-state index contributed by atoms with van der Waals surface area (Å²) in [5.41, 5.74) is 12.2. The molecule has 3 aliphatic heterocycles. The number of nitrogen functional groups attached to an aromatic ring is 1. The molecule has 2 aromatic heterocycles. The molecule has 0 spiro atoms. The molecule has 0 radical (unpaired) electrons. The molecule has 0 fully saturated rings. The smallest absolute Gasteiger partial charge is 0.292 e. The molecule has 3 aliphatic rings. The van der Waals surface area contributed by atoms with Crippen molar-refractivity contribution in [1.82, 2.24) is 25.0 Å². The van der Waals surface area contributed by atoms with Gasteiger partial charge < -0.3 is 25.1 Å². The molecular formula is C25H25N7O3. The van der Waals surface area contributed by atoms with Crippen LogP contribution in [0.5, 0.6) is 0 Å². The minimum atomic E-state index is -0.835. The Hall–Kier alpha value is -4.34. The van der Waals surface area contributed by atoms with Crippen molar-refractivity contribution in [2.45, 2.75) is 25.8 Å². The summed E-state index contributed by atoms with van der Waals surface area (Å²) in [6, 6.07) is 5.93. The number of amidine groups is 1. The van der Waals surface area contributed by atoms with E-state index >= 15 is 0 Å². The number of anilines is 1. The van der Waals surface area contributed by atoms with E-state index < -0.39 is 5.54 Å². The normalized spacial score (nSPS) is 17.5. The number of likely N-dealkylation sites (N-methyl/N-ethyl adjacent to an activating group) is 1. The zero-order valence-electron chi connectivity index (χ0n) is 19.7. The predicted molar refractivity (Wildman–Crippen MR) is 131 cm³/mol. The van der Waals surface area contributed by atoms with Crippen LogP contribution in [0.4, 0.5) is 6.01 Å². The lowest BCUT2D eigenvalue weighted by atomic mass is 9.96. The van der Waals surface area contributed by atoms with Crippen LogP contribution in [0.15, 0.2) is 69.3 Å². The van der Waals surface area contributed by atoms with Crippen LogP contribution in [-0.2, 0) is 15.1 Å². The molecule has 0 atom stereocenters. The van der Waals surface area contributed by atoms with Gasteiger partial charge in [-0.15, -0.1) is 0 Å². The SMILES string of the molecule is CNC(=O)C(C)(C)n1cc(C2=COCC3=C4C2=CN=C(c2ccc5oc(N)nc5c2)N4CC3)cn1. The van der Waals surface area contributed by atoms with E-state index in [0.717, 1.165) is 46.8 Å². The van der Waals surface area contributed by atoms with Gasteiger partial charge in [0.05, 0.1) is 18.2 Å². The minimum Gasteiger partial charge on any atom is -0.496 e. The maximum atomic E-state index is 12.4. The van der Waals surface area contributed by atoms with Crippen molar-refractivity contribution in [3.63, 3.8) is 0 Å². The summed E-state index contributed by atoms with van der Waals surface area (Å²) in [4.78, 5) is 23.7. The first kappa shape index (κ1) is 21.2. The summed E-state index contributed by atoms with van der Waals surface area (Å²) in [6.07, 6.45) is 8.16. The Morgan fingerprint density at radius 1 is 1.23 bits per heavy atom. The Morgan fingerprint density at radius 2 is 2.09 bits per heavy atom. The number of carbonyl (C=O) groups excluding carboxylic acids is 1. The van der Waals surface area contributed by atoms with Gasteiger partial charge in [-0.3, -0.25) is 9.48 Å². The third-order valence-electron chi connectivity index (χ3n) is 6.73. The Labute approximate surface area is 201 Å². The van der Waals surface area contributed by atoms with E-state index in [0.29, 0.717) is 17.7 Å². The van der Waals surface area contributed by atoms with Crippen LogP contribution in [0, 0.1) is 0 Å². The fraction of sp³-hybridized carbons (Fsp3) is 0.280. The van der Waals surface area contributed by atoms with Crippen LogP contribution >= 0.6 is 0 Å². The van der Waals surface area contributed by atoms with E-state index in [2.05, 4.69) is 20.3 Å². The highest BCUT2D eigenvalue weighted by Crippen LogP contribution is 2.42. The number of aliphatic imine (C=N–C) groups is 1. The summed E-state index contributed by atoms with van der Waals surface area (Å²) in [7, 11) is 1.62. The third kappa shape index (κ3) is 3.24. The van der Waals surface area contributed by atoms with E-state index in [1.807, 2.05) is 44.4 Å². The van der Waals surface area contributed by atoms with Gasteiger partial charge in [-0.05, 0) is 44.0 Å². The highest BCUT2D eigenvalue weighted by Gasteiger charge is 2.36. The average molecular weight is 472 g/mol. The summed E-state index contributed by atoms with van der Waals surface area (Å²) in [5, 5.41) is 7.19. The number of benzene rings is 1. The number of ether oxygens (including phenoxy) is 1. The maximum absolute atomic E-state index is 12.4. The van der Waals surface area contributed by atoms with Gasteiger partial charge in [0, 0.05) is 48.3 Å². The lowest BCUT2D eigenvalue weighted by Gasteiger charge is -2.29. The molecule has 6 rings (SSSR count). The molecule has 0 saturated heterocycles.